The van der Waals surface area contributed by atoms with Crippen molar-refractivity contribution in [2.24, 2.45) is 0 Å². The molecular formula is C25H30F3N7O. The molecule has 3 aromatic rings. The Bertz CT molecular complexity index is 1230. The second-order valence-electron chi connectivity index (χ2n) is 8.82. The number of alkyl halides is 2. The lowest BCUT2D eigenvalue weighted by atomic mass is 10.0. The molecule has 4 rings (SSSR count). The number of pyridine rings is 1. The Morgan fingerprint density at radius 1 is 1.14 bits per heavy atom. The van der Waals surface area contributed by atoms with Gasteiger partial charge in [-0.25, -0.2) is 28.1 Å². The van der Waals surface area contributed by atoms with Crippen molar-refractivity contribution in [1.82, 2.24) is 25.2 Å². The summed E-state index contributed by atoms with van der Waals surface area (Å²) >= 11 is 0. The van der Waals surface area contributed by atoms with Gasteiger partial charge in [-0.2, -0.15) is 0 Å². The van der Waals surface area contributed by atoms with Crippen LogP contribution < -0.4 is 15.5 Å². The van der Waals surface area contributed by atoms with Crippen molar-refractivity contribution in [3.63, 3.8) is 0 Å². The molecule has 0 radical (unpaired) electrons. The third-order valence-electron chi connectivity index (χ3n) is 6.34. The van der Waals surface area contributed by atoms with Crippen molar-refractivity contribution in [2.45, 2.75) is 32.7 Å². The van der Waals surface area contributed by atoms with Crippen LogP contribution in [0.4, 0.5) is 24.8 Å². The topological polar surface area (TPSA) is 86.3 Å². The number of piperazine rings is 1. The first-order valence-electron chi connectivity index (χ1n) is 11.9. The molecule has 2 aromatic heterocycles. The summed E-state index contributed by atoms with van der Waals surface area (Å²) in [5, 5.41) is 6.86. The Labute approximate surface area is 207 Å². The van der Waals surface area contributed by atoms with Gasteiger partial charge in [0.2, 0.25) is 5.91 Å². The molecule has 1 fully saturated rings. The van der Waals surface area contributed by atoms with E-state index in [1.807, 2.05) is 18.0 Å². The molecule has 2 N–H and O–H groups in total. The van der Waals surface area contributed by atoms with Gasteiger partial charge in [-0.3, -0.25) is 4.79 Å². The van der Waals surface area contributed by atoms with Crippen molar-refractivity contribution in [3.8, 4) is 0 Å². The van der Waals surface area contributed by atoms with E-state index < -0.39 is 23.8 Å². The molecule has 1 aliphatic heterocycles. The fourth-order valence-electron chi connectivity index (χ4n) is 4.35. The molecule has 1 saturated heterocycles. The highest BCUT2D eigenvalue weighted by molar-refractivity contribution is 5.90. The maximum atomic E-state index is 14.7. The van der Waals surface area contributed by atoms with Gasteiger partial charge < -0.3 is 20.4 Å². The number of rotatable bonds is 8. The summed E-state index contributed by atoms with van der Waals surface area (Å²) in [4.78, 5) is 29.8. The van der Waals surface area contributed by atoms with Gasteiger partial charge in [0.25, 0.3) is 6.43 Å². The zero-order valence-electron chi connectivity index (χ0n) is 20.6. The fourth-order valence-corrected chi connectivity index (χ4v) is 4.35. The third-order valence-corrected chi connectivity index (χ3v) is 6.34. The normalized spacial score (nSPS) is 15.0. The summed E-state index contributed by atoms with van der Waals surface area (Å²) in [6, 6.07) is 5.25. The summed E-state index contributed by atoms with van der Waals surface area (Å²) in [6.45, 7) is 6.58. The van der Waals surface area contributed by atoms with E-state index in [0.717, 1.165) is 11.9 Å². The lowest BCUT2D eigenvalue weighted by Gasteiger charge is -2.35. The first-order valence-corrected chi connectivity index (χ1v) is 11.9. The van der Waals surface area contributed by atoms with Crippen LogP contribution in [0.5, 0.6) is 0 Å². The zero-order valence-corrected chi connectivity index (χ0v) is 20.6. The monoisotopic (exact) mass is 501 g/mol. The highest BCUT2D eigenvalue weighted by Crippen LogP contribution is 2.31. The van der Waals surface area contributed by atoms with Crippen molar-refractivity contribution in [2.75, 3.05) is 50.0 Å². The number of hydrogen-bond acceptors (Lipinski definition) is 7. The molecular weight excluding hydrogens is 471 g/mol. The number of nitrogens with zero attached hydrogens (tertiary/aromatic N) is 5. The van der Waals surface area contributed by atoms with E-state index in [-0.39, 0.29) is 11.5 Å². The molecule has 1 aromatic carbocycles. The summed E-state index contributed by atoms with van der Waals surface area (Å²) in [6.07, 6.45) is -0.764. The molecule has 11 heteroatoms. The quantitative estimate of drug-likeness (QED) is 0.485. The average molecular weight is 502 g/mol. The lowest BCUT2D eigenvalue weighted by molar-refractivity contribution is -0.131. The Balaban J connectivity index is 1.56. The molecule has 1 amide bonds. The van der Waals surface area contributed by atoms with Crippen LogP contribution in [0.25, 0.3) is 10.9 Å². The van der Waals surface area contributed by atoms with E-state index >= 15 is 0 Å². The summed E-state index contributed by atoms with van der Waals surface area (Å²) in [5.41, 5.74) is 0.120. The van der Waals surface area contributed by atoms with Crippen molar-refractivity contribution >= 4 is 28.4 Å². The molecule has 1 aliphatic rings. The number of aromatic nitrogens is 3. The van der Waals surface area contributed by atoms with E-state index in [1.165, 1.54) is 12.1 Å². The van der Waals surface area contributed by atoms with Gasteiger partial charge in [-0.05, 0) is 27.0 Å². The Kier molecular flexibility index (Phi) is 7.88. The van der Waals surface area contributed by atoms with Crippen LogP contribution in [-0.2, 0) is 4.79 Å². The van der Waals surface area contributed by atoms with Crippen molar-refractivity contribution in [1.29, 1.82) is 0 Å². The SMILES string of the molecule is CNCCC(=O)N1CCN(c2cc3c(N[C@H](C)c4cccc(C(F)F)c4F)nc(C)nc3cn2)CC1. The largest absolute Gasteiger partial charge is 0.363 e. The van der Waals surface area contributed by atoms with Crippen molar-refractivity contribution < 1.29 is 18.0 Å². The number of benzene rings is 1. The van der Waals surface area contributed by atoms with Gasteiger partial charge in [0, 0.05) is 50.1 Å². The van der Waals surface area contributed by atoms with Crippen LogP contribution in [0, 0.1) is 12.7 Å². The molecule has 3 heterocycles. The van der Waals surface area contributed by atoms with Gasteiger partial charge in [-0.15, -0.1) is 0 Å². The van der Waals surface area contributed by atoms with E-state index in [4.69, 9.17) is 0 Å². The van der Waals surface area contributed by atoms with Gasteiger partial charge >= 0.3 is 0 Å². The van der Waals surface area contributed by atoms with Gasteiger partial charge in [0.05, 0.1) is 23.3 Å². The second kappa shape index (κ2) is 11.1. The predicted octanol–water partition coefficient (Wildman–Crippen LogP) is 3.84. The number of carbonyl (C=O) groups excluding carboxylic acids is 1. The molecule has 0 aliphatic carbocycles. The maximum Gasteiger partial charge on any atom is 0.266 e. The molecule has 192 valence electrons. The summed E-state index contributed by atoms with van der Waals surface area (Å²) in [5.74, 6) is 0.896. The number of anilines is 2. The van der Waals surface area contributed by atoms with E-state index in [9.17, 15) is 18.0 Å². The smallest absolute Gasteiger partial charge is 0.266 e. The molecule has 0 saturated carbocycles. The van der Waals surface area contributed by atoms with Crippen LogP contribution in [0.2, 0.25) is 0 Å². The van der Waals surface area contributed by atoms with E-state index in [0.29, 0.717) is 61.7 Å². The molecule has 1 atom stereocenters. The number of fused-ring (bicyclic) bond motifs is 1. The molecule has 8 nitrogen and oxygen atoms in total. The van der Waals surface area contributed by atoms with Crippen LogP contribution in [0.15, 0.2) is 30.5 Å². The maximum absolute atomic E-state index is 14.7. The average Bonchev–Trinajstić information content (AvgIpc) is 2.87. The van der Waals surface area contributed by atoms with Gasteiger partial charge in [-0.1, -0.05) is 18.2 Å². The number of amides is 1. The summed E-state index contributed by atoms with van der Waals surface area (Å²) < 4.78 is 41.1. The minimum atomic E-state index is -2.90. The van der Waals surface area contributed by atoms with Crippen LogP contribution in [0.1, 0.15) is 42.8 Å². The minimum absolute atomic E-state index is 0.128. The number of carbonyl (C=O) groups is 1. The molecule has 0 spiro atoms. The number of hydrogen-bond donors (Lipinski definition) is 2. The molecule has 36 heavy (non-hydrogen) atoms. The van der Waals surface area contributed by atoms with Crippen molar-refractivity contribution in [3.05, 3.63) is 53.2 Å². The van der Waals surface area contributed by atoms with Gasteiger partial charge in [0.1, 0.15) is 23.3 Å². The Morgan fingerprint density at radius 3 is 2.56 bits per heavy atom. The second-order valence-corrected chi connectivity index (χ2v) is 8.82. The first-order chi connectivity index (χ1) is 17.3. The van der Waals surface area contributed by atoms with Crippen LogP contribution in [0.3, 0.4) is 0 Å². The minimum Gasteiger partial charge on any atom is -0.363 e. The zero-order chi connectivity index (χ0) is 25.8. The Hall–Kier alpha value is -3.47. The Morgan fingerprint density at radius 2 is 1.86 bits per heavy atom. The van der Waals surface area contributed by atoms with Gasteiger partial charge in [0.15, 0.2) is 0 Å². The molecule has 0 unspecified atom stereocenters. The highest BCUT2D eigenvalue weighted by atomic mass is 19.3. The first kappa shape index (κ1) is 25.6. The lowest BCUT2D eigenvalue weighted by Crippen LogP contribution is -2.49. The van der Waals surface area contributed by atoms with Crippen LogP contribution in [-0.4, -0.2) is 65.5 Å². The fraction of sp³-hybridized carbons (Fsp3) is 0.440. The summed E-state index contributed by atoms with van der Waals surface area (Å²) in [7, 11) is 1.82. The predicted molar refractivity (Wildman–Crippen MR) is 133 cm³/mol. The number of nitrogens with one attached hydrogen (secondary N) is 2. The van der Waals surface area contributed by atoms with Crippen LogP contribution >= 0.6 is 0 Å². The number of aryl methyl sites for hydroxylation is 1. The molecule has 0 bridgehead atoms. The van der Waals surface area contributed by atoms with E-state index in [2.05, 4.69) is 30.5 Å². The standard InChI is InChI=1S/C25H30F3N7O/c1-15(17-5-4-6-18(23(17)26)24(27)28)31-25-19-13-21(30-14-20(19)32-16(2)33-25)34-9-11-35(12-10-34)22(36)7-8-29-3/h4-6,13-15,24,29H,7-12H2,1-3H3,(H,31,32,33)/t15-/m1/s1. The highest BCUT2D eigenvalue weighted by Gasteiger charge is 2.23. The van der Waals surface area contributed by atoms with E-state index in [1.54, 1.807) is 20.0 Å². The number of halogens is 3. The third kappa shape index (κ3) is 5.51.